The number of nitrogens with one attached hydrogen (secondary N) is 2. The van der Waals surface area contributed by atoms with Gasteiger partial charge >= 0.3 is 6.03 Å². The van der Waals surface area contributed by atoms with Gasteiger partial charge in [-0.2, -0.15) is 0 Å². The normalized spacial score (nSPS) is 11.2. The second kappa shape index (κ2) is 7.60. The molecule has 0 saturated carbocycles. The molecular formula is C12H19ClN4O3S. The number of nitrogens with zero attached hydrogens (tertiary/aromatic N) is 1. The Labute approximate surface area is 129 Å². The molecule has 1 aromatic rings. The monoisotopic (exact) mass is 334 g/mol. The van der Waals surface area contributed by atoms with E-state index in [-0.39, 0.29) is 30.6 Å². The maximum atomic E-state index is 12.0. The van der Waals surface area contributed by atoms with Gasteiger partial charge < -0.3 is 16.0 Å². The zero-order valence-electron chi connectivity index (χ0n) is 11.9. The Kier molecular flexibility index (Phi) is 6.41. The molecule has 0 aliphatic rings. The molecule has 118 valence electrons. The fraction of sp³-hybridized carbons (Fsp3) is 0.417. The highest BCUT2D eigenvalue weighted by Gasteiger charge is 2.15. The first-order valence-electron chi connectivity index (χ1n) is 6.21. The van der Waals surface area contributed by atoms with Crippen LogP contribution >= 0.6 is 11.6 Å². The summed E-state index contributed by atoms with van der Waals surface area (Å²) >= 11 is 5.94. The minimum absolute atomic E-state index is 0.0589. The van der Waals surface area contributed by atoms with Gasteiger partial charge in [0.1, 0.15) is 0 Å². The molecule has 7 nitrogen and oxygen atoms in total. The lowest BCUT2D eigenvalue weighted by Gasteiger charge is -2.12. The second-order valence-electron chi connectivity index (χ2n) is 4.48. The molecule has 4 N–H and O–H groups in total. The van der Waals surface area contributed by atoms with Crippen LogP contribution in [-0.4, -0.2) is 46.5 Å². The Morgan fingerprint density at radius 1 is 1.33 bits per heavy atom. The molecule has 0 aliphatic heterocycles. The summed E-state index contributed by atoms with van der Waals surface area (Å²) in [6.45, 7) is 0.506. The summed E-state index contributed by atoms with van der Waals surface area (Å²) in [6, 6.07) is 4.08. The van der Waals surface area contributed by atoms with E-state index in [1.54, 1.807) is 20.2 Å². The summed E-state index contributed by atoms with van der Waals surface area (Å²) in [7, 11) is -0.471. The standard InChI is InChI=1S/C12H19ClN4O3S/c1-17(2)12(18)15-5-6-16-21(19,20)10-4-3-9(8-14)11(13)7-10/h3-4,7,16H,5-6,8,14H2,1-2H3,(H,15,18). The molecule has 2 amide bonds. The van der Waals surface area contributed by atoms with E-state index < -0.39 is 10.0 Å². The predicted octanol–water partition coefficient (Wildman–Crippen LogP) is 0.348. The van der Waals surface area contributed by atoms with Crippen molar-refractivity contribution in [1.29, 1.82) is 0 Å². The molecule has 9 heteroatoms. The van der Waals surface area contributed by atoms with E-state index in [2.05, 4.69) is 10.0 Å². The zero-order valence-corrected chi connectivity index (χ0v) is 13.5. The van der Waals surface area contributed by atoms with E-state index in [0.29, 0.717) is 10.6 Å². The van der Waals surface area contributed by atoms with Crippen molar-refractivity contribution in [3.05, 3.63) is 28.8 Å². The molecule has 0 aromatic heterocycles. The Balaban J connectivity index is 2.62. The van der Waals surface area contributed by atoms with Crippen molar-refractivity contribution in [3.63, 3.8) is 0 Å². The van der Waals surface area contributed by atoms with Crippen molar-refractivity contribution >= 4 is 27.7 Å². The minimum atomic E-state index is -3.67. The lowest BCUT2D eigenvalue weighted by atomic mass is 10.2. The number of rotatable bonds is 6. The number of amides is 2. The van der Waals surface area contributed by atoms with Crippen molar-refractivity contribution < 1.29 is 13.2 Å². The fourth-order valence-corrected chi connectivity index (χ4v) is 2.84. The van der Waals surface area contributed by atoms with E-state index in [1.165, 1.54) is 17.0 Å². The van der Waals surface area contributed by atoms with Gasteiger partial charge in [0.25, 0.3) is 0 Å². The molecule has 0 atom stereocenters. The molecule has 1 rings (SSSR count). The van der Waals surface area contributed by atoms with E-state index >= 15 is 0 Å². The molecular weight excluding hydrogens is 316 g/mol. The van der Waals surface area contributed by atoms with Crippen LogP contribution in [0.25, 0.3) is 0 Å². The Hall–Kier alpha value is -1.35. The zero-order chi connectivity index (χ0) is 16.0. The van der Waals surface area contributed by atoms with E-state index in [1.807, 2.05) is 0 Å². The third-order valence-corrected chi connectivity index (χ3v) is 4.46. The molecule has 0 unspecified atom stereocenters. The molecule has 1 aromatic carbocycles. The fourth-order valence-electron chi connectivity index (χ4n) is 1.46. The van der Waals surface area contributed by atoms with Crippen LogP contribution in [0, 0.1) is 0 Å². The summed E-state index contributed by atoms with van der Waals surface area (Å²) in [5.74, 6) is 0. The summed E-state index contributed by atoms with van der Waals surface area (Å²) in [5.41, 5.74) is 6.14. The van der Waals surface area contributed by atoms with Gasteiger partial charge in [0, 0.05) is 38.8 Å². The maximum absolute atomic E-state index is 12.0. The van der Waals surface area contributed by atoms with Crippen molar-refractivity contribution in [2.75, 3.05) is 27.2 Å². The van der Waals surface area contributed by atoms with Crippen LogP contribution in [0.2, 0.25) is 5.02 Å². The number of benzene rings is 1. The summed E-state index contributed by atoms with van der Waals surface area (Å²) < 4.78 is 26.5. The number of sulfonamides is 1. The van der Waals surface area contributed by atoms with Gasteiger partial charge in [0.05, 0.1) is 4.90 Å². The van der Waals surface area contributed by atoms with Crippen molar-refractivity contribution in [1.82, 2.24) is 14.9 Å². The molecule has 0 aliphatic carbocycles. The van der Waals surface area contributed by atoms with Crippen LogP contribution in [0.1, 0.15) is 5.56 Å². The highest BCUT2D eigenvalue weighted by Crippen LogP contribution is 2.20. The topological polar surface area (TPSA) is 105 Å². The van der Waals surface area contributed by atoms with Gasteiger partial charge in [-0.15, -0.1) is 0 Å². The number of halogens is 1. The van der Waals surface area contributed by atoms with Crippen LogP contribution < -0.4 is 15.8 Å². The van der Waals surface area contributed by atoms with Crippen molar-refractivity contribution in [2.24, 2.45) is 5.73 Å². The van der Waals surface area contributed by atoms with E-state index in [9.17, 15) is 13.2 Å². The number of hydrogen-bond acceptors (Lipinski definition) is 4. The van der Waals surface area contributed by atoms with Gasteiger partial charge in [-0.1, -0.05) is 17.7 Å². The van der Waals surface area contributed by atoms with Crippen molar-refractivity contribution in [2.45, 2.75) is 11.4 Å². The van der Waals surface area contributed by atoms with Gasteiger partial charge in [-0.3, -0.25) is 0 Å². The quantitative estimate of drug-likeness (QED) is 0.653. The predicted molar refractivity (Wildman–Crippen MR) is 81.6 cm³/mol. The van der Waals surface area contributed by atoms with Crippen LogP contribution in [0.5, 0.6) is 0 Å². The molecule has 0 spiro atoms. The molecule has 0 radical (unpaired) electrons. The number of carbonyl (C=O) groups excluding carboxylic acids is 1. The number of carbonyl (C=O) groups is 1. The summed E-state index contributed by atoms with van der Waals surface area (Å²) in [5, 5.41) is 2.86. The van der Waals surface area contributed by atoms with Crippen LogP contribution in [-0.2, 0) is 16.6 Å². The first-order chi connectivity index (χ1) is 9.77. The number of hydrogen-bond donors (Lipinski definition) is 3. The minimum Gasteiger partial charge on any atom is -0.337 e. The first kappa shape index (κ1) is 17.7. The SMILES string of the molecule is CN(C)C(=O)NCCNS(=O)(=O)c1ccc(CN)c(Cl)c1. The Bertz CT molecular complexity index is 605. The average molecular weight is 335 g/mol. The third kappa shape index (κ3) is 5.16. The smallest absolute Gasteiger partial charge is 0.316 e. The number of urea groups is 1. The third-order valence-electron chi connectivity index (χ3n) is 2.65. The molecule has 0 fully saturated rings. The second-order valence-corrected chi connectivity index (χ2v) is 6.66. The highest BCUT2D eigenvalue weighted by atomic mass is 35.5. The van der Waals surface area contributed by atoms with Crippen LogP contribution in [0.4, 0.5) is 4.79 Å². The first-order valence-corrected chi connectivity index (χ1v) is 8.07. The lowest BCUT2D eigenvalue weighted by molar-refractivity contribution is 0.217. The van der Waals surface area contributed by atoms with Gasteiger partial charge in [-0.25, -0.2) is 17.9 Å². The molecule has 0 heterocycles. The Morgan fingerprint density at radius 3 is 2.52 bits per heavy atom. The van der Waals surface area contributed by atoms with Crippen molar-refractivity contribution in [3.8, 4) is 0 Å². The molecule has 0 saturated heterocycles. The number of nitrogens with two attached hydrogens (primary N) is 1. The highest BCUT2D eigenvalue weighted by molar-refractivity contribution is 7.89. The van der Waals surface area contributed by atoms with Crippen LogP contribution in [0.15, 0.2) is 23.1 Å². The maximum Gasteiger partial charge on any atom is 0.316 e. The Morgan fingerprint density at radius 2 is 2.00 bits per heavy atom. The van der Waals surface area contributed by atoms with E-state index in [4.69, 9.17) is 17.3 Å². The van der Waals surface area contributed by atoms with Crippen LogP contribution in [0.3, 0.4) is 0 Å². The summed E-state index contributed by atoms with van der Waals surface area (Å²) in [4.78, 5) is 12.7. The average Bonchev–Trinajstić information content (AvgIpc) is 2.43. The van der Waals surface area contributed by atoms with Gasteiger partial charge in [0.15, 0.2) is 0 Å². The molecule has 0 bridgehead atoms. The van der Waals surface area contributed by atoms with Gasteiger partial charge in [0.2, 0.25) is 10.0 Å². The lowest BCUT2D eigenvalue weighted by Crippen LogP contribution is -2.39. The van der Waals surface area contributed by atoms with Gasteiger partial charge in [-0.05, 0) is 17.7 Å². The summed E-state index contributed by atoms with van der Waals surface area (Å²) in [6.07, 6.45) is 0. The molecule has 21 heavy (non-hydrogen) atoms. The largest absolute Gasteiger partial charge is 0.337 e. The van der Waals surface area contributed by atoms with E-state index in [0.717, 1.165) is 0 Å².